The molecule has 0 bridgehead atoms. The molecule has 0 fully saturated rings. The molecule has 1 aromatic rings. The fraction of sp³-hybridized carbons (Fsp3) is 0.462. The molecule has 1 aromatic carbocycles. The maximum Gasteiger partial charge on any atom is 0.251 e. The van der Waals surface area contributed by atoms with Crippen LogP contribution in [0.25, 0.3) is 0 Å². The SMILES string of the molecule is CNS(=O)(=O)c1cccc(C(=O)NCCC(C)C)c1. The normalized spacial score (nSPS) is 11.6. The summed E-state index contributed by atoms with van der Waals surface area (Å²) in [5, 5.41) is 2.77. The van der Waals surface area contributed by atoms with Gasteiger partial charge in [0, 0.05) is 12.1 Å². The van der Waals surface area contributed by atoms with Crippen LogP contribution in [0.15, 0.2) is 29.2 Å². The molecular weight excluding hydrogens is 264 g/mol. The summed E-state index contributed by atoms with van der Waals surface area (Å²) in [6.07, 6.45) is 0.889. The minimum Gasteiger partial charge on any atom is -0.352 e. The molecule has 0 aliphatic carbocycles. The van der Waals surface area contributed by atoms with Crippen LogP contribution in [0, 0.1) is 5.92 Å². The van der Waals surface area contributed by atoms with Crippen LogP contribution in [0.4, 0.5) is 0 Å². The third-order valence-electron chi connectivity index (χ3n) is 2.68. The molecule has 5 nitrogen and oxygen atoms in total. The predicted octanol–water partition coefficient (Wildman–Crippen LogP) is 1.37. The van der Waals surface area contributed by atoms with Gasteiger partial charge < -0.3 is 5.32 Å². The van der Waals surface area contributed by atoms with Gasteiger partial charge in [-0.25, -0.2) is 13.1 Å². The maximum absolute atomic E-state index is 11.9. The Labute approximate surface area is 114 Å². The van der Waals surface area contributed by atoms with Crippen molar-refractivity contribution in [2.75, 3.05) is 13.6 Å². The van der Waals surface area contributed by atoms with Crippen LogP contribution < -0.4 is 10.0 Å². The van der Waals surface area contributed by atoms with E-state index in [1.807, 2.05) is 0 Å². The van der Waals surface area contributed by atoms with Crippen molar-refractivity contribution in [3.05, 3.63) is 29.8 Å². The molecule has 6 heteroatoms. The predicted molar refractivity (Wildman–Crippen MR) is 74.5 cm³/mol. The molecule has 0 unspecified atom stereocenters. The van der Waals surface area contributed by atoms with Gasteiger partial charge in [-0.05, 0) is 37.6 Å². The van der Waals surface area contributed by atoms with Crippen LogP contribution in [0.1, 0.15) is 30.6 Å². The molecule has 0 atom stereocenters. The highest BCUT2D eigenvalue weighted by Gasteiger charge is 2.13. The number of carbonyl (C=O) groups excluding carboxylic acids is 1. The molecule has 0 radical (unpaired) electrons. The van der Waals surface area contributed by atoms with Gasteiger partial charge >= 0.3 is 0 Å². The molecule has 1 rings (SSSR count). The van der Waals surface area contributed by atoms with Crippen LogP contribution in [0.5, 0.6) is 0 Å². The largest absolute Gasteiger partial charge is 0.352 e. The number of hydrogen-bond acceptors (Lipinski definition) is 3. The fourth-order valence-electron chi connectivity index (χ4n) is 1.50. The summed E-state index contributed by atoms with van der Waals surface area (Å²) in [7, 11) is -2.18. The van der Waals surface area contributed by atoms with Gasteiger partial charge in [-0.3, -0.25) is 4.79 Å². The third-order valence-corrected chi connectivity index (χ3v) is 4.09. The second kappa shape index (κ2) is 6.68. The van der Waals surface area contributed by atoms with E-state index < -0.39 is 10.0 Å². The first-order valence-corrected chi connectivity index (χ1v) is 7.67. The summed E-state index contributed by atoms with van der Waals surface area (Å²) in [5.74, 6) is 0.255. The Bertz CT molecular complexity index is 539. The van der Waals surface area contributed by atoms with Crippen molar-refractivity contribution in [2.45, 2.75) is 25.2 Å². The van der Waals surface area contributed by atoms with Gasteiger partial charge in [0.15, 0.2) is 0 Å². The summed E-state index contributed by atoms with van der Waals surface area (Å²) >= 11 is 0. The first kappa shape index (κ1) is 15.7. The molecule has 0 aliphatic heterocycles. The van der Waals surface area contributed by atoms with Crippen LogP contribution in [-0.4, -0.2) is 27.9 Å². The lowest BCUT2D eigenvalue weighted by Gasteiger charge is -2.08. The number of benzene rings is 1. The van der Waals surface area contributed by atoms with Crippen LogP contribution in [0.2, 0.25) is 0 Å². The summed E-state index contributed by atoms with van der Waals surface area (Å²) < 4.78 is 25.5. The summed E-state index contributed by atoms with van der Waals surface area (Å²) in [6.45, 7) is 4.73. The third kappa shape index (κ3) is 4.65. The summed E-state index contributed by atoms with van der Waals surface area (Å²) in [6, 6.07) is 5.98. The van der Waals surface area contributed by atoms with Crippen LogP contribution >= 0.6 is 0 Å². The molecule has 2 N–H and O–H groups in total. The molecule has 0 saturated carbocycles. The van der Waals surface area contributed by atoms with E-state index in [2.05, 4.69) is 23.9 Å². The second-order valence-electron chi connectivity index (χ2n) is 4.67. The van der Waals surface area contributed by atoms with E-state index in [1.54, 1.807) is 12.1 Å². The van der Waals surface area contributed by atoms with E-state index in [0.717, 1.165) is 6.42 Å². The highest BCUT2D eigenvalue weighted by molar-refractivity contribution is 7.89. The van der Waals surface area contributed by atoms with Crippen molar-refractivity contribution in [3.63, 3.8) is 0 Å². The first-order chi connectivity index (χ1) is 8.86. The number of amides is 1. The van der Waals surface area contributed by atoms with Gasteiger partial charge in [0.1, 0.15) is 0 Å². The Morgan fingerprint density at radius 3 is 2.58 bits per heavy atom. The number of carbonyl (C=O) groups is 1. The van der Waals surface area contributed by atoms with E-state index in [0.29, 0.717) is 18.0 Å². The van der Waals surface area contributed by atoms with Crippen molar-refractivity contribution < 1.29 is 13.2 Å². The van der Waals surface area contributed by atoms with Crippen molar-refractivity contribution >= 4 is 15.9 Å². The Morgan fingerprint density at radius 2 is 2.00 bits per heavy atom. The van der Waals surface area contributed by atoms with Crippen LogP contribution in [0.3, 0.4) is 0 Å². The van der Waals surface area contributed by atoms with Crippen molar-refractivity contribution in [2.24, 2.45) is 5.92 Å². The molecule has 0 spiro atoms. The smallest absolute Gasteiger partial charge is 0.251 e. The molecule has 0 heterocycles. The van der Waals surface area contributed by atoms with Crippen molar-refractivity contribution in [3.8, 4) is 0 Å². The van der Waals surface area contributed by atoms with Gasteiger partial charge in [0.25, 0.3) is 5.91 Å². The minimum absolute atomic E-state index is 0.0894. The lowest BCUT2D eigenvalue weighted by atomic mass is 10.1. The van der Waals surface area contributed by atoms with Gasteiger partial charge in [0.05, 0.1) is 4.90 Å². The molecule has 1 amide bonds. The zero-order valence-corrected chi connectivity index (χ0v) is 12.3. The molecule has 0 saturated heterocycles. The first-order valence-electron chi connectivity index (χ1n) is 6.18. The quantitative estimate of drug-likeness (QED) is 0.828. The second-order valence-corrected chi connectivity index (χ2v) is 6.56. The number of hydrogen-bond donors (Lipinski definition) is 2. The molecular formula is C13H20N2O3S. The molecule has 19 heavy (non-hydrogen) atoms. The number of sulfonamides is 1. The number of nitrogens with one attached hydrogen (secondary N) is 2. The molecule has 0 aliphatic rings. The fourth-order valence-corrected chi connectivity index (χ4v) is 2.27. The average Bonchev–Trinajstić information content (AvgIpc) is 2.38. The average molecular weight is 284 g/mol. The van der Waals surface area contributed by atoms with Gasteiger partial charge in [-0.2, -0.15) is 0 Å². The van der Waals surface area contributed by atoms with Crippen molar-refractivity contribution in [1.82, 2.24) is 10.0 Å². The van der Waals surface area contributed by atoms with E-state index >= 15 is 0 Å². The topological polar surface area (TPSA) is 75.3 Å². The maximum atomic E-state index is 11.9. The number of rotatable bonds is 6. The Hall–Kier alpha value is -1.40. The van der Waals surface area contributed by atoms with E-state index in [-0.39, 0.29) is 10.8 Å². The summed E-state index contributed by atoms with van der Waals surface area (Å²) in [5.41, 5.74) is 0.347. The Balaban J connectivity index is 2.79. The minimum atomic E-state index is -3.52. The molecule has 0 aromatic heterocycles. The highest BCUT2D eigenvalue weighted by atomic mass is 32.2. The van der Waals surface area contributed by atoms with Gasteiger partial charge in [-0.15, -0.1) is 0 Å². The zero-order valence-electron chi connectivity index (χ0n) is 11.4. The zero-order chi connectivity index (χ0) is 14.5. The summed E-state index contributed by atoms with van der Waals surface area (Å²) in [4.78, 5) is 12.0. The van der Waals surface area contributed by atoms with Crippen LogP contribution in [-0.2, 0) is 10.0 Å². The van der Waals surface area contributed by atoms with Gasteiger partial charge in [-0.1, -0.05) is 19.9 Å². The lowest BCUT2D eigenvalue weighted by Crippen LogP contribution is -2.26. The monoisotopic (exact) mass is 284 g/mol. The van der Waals surface area contributed by atoms with Crippen molar-refractivity contribution in [1.29, 1.82) is 0 Å². The highest BCUT2D eigenvalue weighted by Crippen LogP contribution is 2.11. The Kier molecular flexibility index (Phi) is 5.50. The Morgan fingerprint density at radius 1 is 1.32 bits per heavy atom. The van der Waals surface area contributed by atoms with Gasteiger partial charge in [0.2, 0.25) is 10.0 Å². The van der Waals surface area contributed by atoms with E-state index in [4.69, 9.17) is 0 Å². The molecule has 106 valence electrons. The van der Waals surface area contributed by atoms with E-state index in [1.165, 1.54) is 19.2 Å². The lowest BCUT2D eigenvalue weighted by molar-refractivity contribution is 0.0952. The van der Waals surface area contributed by atoms with E-state index in [9.17, 15) is 13.2 Å². The standard InChI is InChI=1S/C13H20N2O3S/c1-10(2)7-8-15-13(16)11-5-4-6-12(9-11)19(17,18)14-3/h4-6,9-10,14H,7-8H2,1-3H3,(H,15,16).